The number of carbonyl (C=O) groups is 1. The van der Waals surface area contributed by atoms with Crippen LogP contribution in [0.4, 0.5) is 0 Å². The Labute approximate surface area is 85.0 Å². The molecule has 0 saturated heterocycles. The normalized spacial score (nSPS) is 32.7. The number of carboxylic acid groups (broad SMARTS) is 1. The van der Waals surface area contributed by atoms with Gasteiger partial charge >= 0.3 is 5.97 Å². The van der Waals surface area contributed by atoms with Crippen LogP contribution < -0.4 is 0 Å². The molecule has 2 unspecified atom stereocenters. The van der Waals surface area contributed by atoms with E-state index in [0.29, 0.717) is 5.92 Å². The van der Waals surface area contributed by atoms with E-state index in [1.165, 1.54) is 18.4 Å². The van der Waals surface area contributed by atoms with Crippen LogP contribution in [0.2, 0.25) is 0 Å². The molecule has 2 aliphatic carbocycles. The second kappa shape index (κ2) is 4.16. The molecule has 0 amide bonds. The molecule has 1 N–H and O–H groups in total. The Morgan fingerprint density at radius 3 is 2.71 bits per heavy atom. The summed E-state index contributed by atoms with van der Waals surface area (Å²) in [6.07, 6.45) is 10.1. The van der Waals surface area contributed by atoms with Gasteiger partial charge in [0.05, 0.1) is 5.92 Å². The highest BCUT2D eigenvalue weighted by atomic mass is 16.4. The summed E-state index contributed by atoms with van der Waals surface area (Å²) in [7, 11) is 0. The minimum absolute atomic E-state index is 0.0897. The molecule has 0 radical (unpaired) electrons. The highest BCUT2D eigenvalue weighted by Crippen LogP contribution is 2.39. The third kappa shape index (κ3) is 1.84. The molecule has 78 valence electrons. The zero-order valence-corrected chi connectivity index (χ0v) is 8.54. The SMILES string of the molecule is O=C(O)C1CCCCC1C1=CCCC1. The van der Waals surface area contributed by atoms with Crippen molar-refractivity contribution in [2.75, 3.05) is 0 Å². The van der Waals surface area contributed by atoms with Crippen molar-refractivity contribution in [1.29, 1.82) is 0 Å². The molecule has 0 aromatic heterocycles. The average Bonchev–Trinajstić information content (AvgIpc) is 2.70. The van der Waals surface area contributed by atoms with Crippen molar-refractivity contribution in [3.05, 3.63) is 11.6 Å². The first-order chi connectivity index (χ1) is 6.79. The average molecular weight is 194 g/mol. The van der Waals surface area contributed by atoms with Gasteiger partial charge in [-0.1, -0.05) is 24.5 Å². The molecule has 2 nitrogen and oxygen atoms in total. The van der Waals surface area contributed by atoms with E-state index in [-0.39, 0.29) is 5.92 Å². The van der Waals surface area contributed by atoms with Gasteiger partial charge in [-0.15, -0.1) is 0 Å². The molecule has 14 heavy (non-hydrogen) atoms. The molecule has 0 aliphatic heterocycles. The first-order valence-electron chi connectivity index (χ1n) is 5.71. The highest BCUT2D eigenvalue weighted by molar-refractivity contribution is 5.71. The third-order valence-corrected chi connectivity index (χ3v) is 3.64. The molecule has 1 fully saturated rings. The first-order valence-corrected chi connectivity index (χ1v) is 5.71. The second-order valence-electron chi connectivity index (χ2n) is 4.51. The zero-order valence-electron chi connectivity index (χ0n) is 8.54. The van der Waals surface area contributed by atoms with Crippen molar-refractivity contribution in [3.8, 4) is 0 Å². The zero-order chi connectivity index (χ0) is 9.97. The van der Waals surface area contributed by atoms with Gasteiger partial charge in [0.2, 0.25) is 0 Å². The van der Waals surface area contributed by atoms with Gasteiger partial charge in [0.25, 0.3) is 0 Å². The quantitative estimate of drug-likeness (QED) is 0.686. The lowest BCUT2D eigenvalue weighted by Gasteiger charge is -2.29. The molecule has 2 rings (SSSR count). The predicted molar refractivity (Wildman–Crippen MR) is 55.0 cm³/mol. The molecule has 0 heterocycles. The van der Waals surface area contributed by atoms with Gasteiger partial charge in [-0.2, -0.15) is 0 Å². The smallest absolute Gasteiger partial charge is 0.307 e. The number of hydrogen-bond acceptors (Lipinski definition) is 1. The van der Waals surface area contributed by atoms with Crippen molar-refractivity contribution in [1.82, 2.24) is 0 Å². The lowest BCUT2D eigenvalue weighted by molar-refractivity contribution is -0.144. The Morgan fingerprint density at radius 2 is 2.07 bits per heavy atom. The molecule has 0 aromatic carbocycles. The summed E-state index contributed by atoms with van der Waals surface area (Å²) < 4.78 is 0. The first kappa shape index (κ1) is 9.75. The summed E-state index contributed by atoms with van der Waals surface area (Å²) in [6.45, 7) is 0. The lowest BCUT2D eigenvalue weighted by atomic mass is 9.75. The Balaban J connectivity index is 2.09. The number of hydrogen-bond donors (Lipinski definition) is 1. The Kier molecular flexibility index (Phi) is 2.90. The van der Waals surface area contributed by atoms with Crippen molar-refractivity contribution in [3.63, 3.8) is 0 Å². The third-order valence-electron chi connectivity index (χ3n) is 3.64. The second-order valence-corrected chi connectivity index (χ2v) is 4.51. The monoisotopic (exact) mass is 194 g/mol. The molecule has 0 bridgehead atoms. The molecule has 0 aromatic rings. The van der Waals surface area contributed by atoms with Crippen LogP contribution in [0.5, 0.6) is 0 Å². The summed E-state index contributed by atoms with van der Waals surface area (Å²) in [6, 6.07) is 0. The van der Waals surface area contributed by atoms with Gasteiger partial charge in [-0.05, 0) is 38.0 Å². The van der Waals surface area contributed by atoms with Crippen LogP contribution in [0.25, 0.3) is 0 Å². The number of aliphatic carboxylic acids is 1. The maximum Gasteiger partial charge on any atom is 0.307 e. The van der Waals surface area contributed by atoms with E-state index in [0.717, 1.165) is 32.1 Å². The van der Waals surface area contributed by atoms with Crippen LogP contribution >= 0.6 is 0 Å². The van der Waals surface area contributed by atoms with Crippen molar-refractivity contribution >= 4 is 5.97 Å². The van der Waals surface area contributed by atoms with Crippen LogP contribution in [-0.2, 0) is 4.79 Å². The van der Waals surface area contributed by atoms with E-state index >= 15 is 0 Å². The van der Waals surface area contributed by atoms with Gasteiger partial charge in [0, 0.05) is 0 Å². The Morgan fingerprint density at radius 1 is 1.29 bits per heavy atom. The minimum Gasteiger partial charge on any atom is -0.481 e. The summed E-state index contributed by atoms with van der Waals surface area (Å²) in [5.74, 6) is -0.306. The molecule has 2 heteroatoms. The fourth-order valence-corrected chi connectivity index (χ4v) is 2.90. The van der Waals surface area contributed by atoms with E-state index in [9.17, 15) is 4.79 Å². The van der Waals surface area contributed by atoms with E-state index in [1.54, 1.807) is 0 Å². The van der Waals surface area contributed by atoms with Crippen molar-refractivity contribution in [2.24, 2.45) is 11.8 Å². The van der Waals surface area contributed by atoms with Gasteiger partial charge in [0.1, 0.15) is 0 Å². The topological polar surface area (TPSA) is 37.3 Å². The fraction of sp³-hybridized carbons (Fsp3) is 0.750. The van der Waals surface area contributed by atoms with E-state index in [1.807, 2.05) is 0 Å². The van der Waals surface area contributed by atoms with E-state index < -0.39 is 5.97 Å². The maximum atomic E-state index is 11.1. The summed E-state index contributed by atoms with van der Waals surface area (Å²) in [4.78, 5) is 11.1. The molecule has 2 atom stereocenters. The summed E-state index contributed by atoms with van der Waals surface area (Å²) in [5, 5.41) is 9.14. The number of rotatable bonds is 2. The van der Waals surface area contributed by atoms with E-state index in [2.05, 4.69) is 6.08 Å². The van der Waals surface area contributed by atoms with Crippen LogP contribution in [0.1, 0.15) is 44.9 Å². The molecule has 0 spiro atoms. The van der Waals surface area contributed by atoms with Gasteiger partial charge in [0.15, 0.2) is 0 Å². The molecule has 2 aliphatic rings. The Hall–Kier alpha value is -0.790. The van der Waals surface area contributed by atoms with Crippen LogP contribution in [0.15, 0.2) is 11.6 Å². The molecular weight excluding hydrogens is 176 g/mol. The highest BCUT2D eigenvalue weighted by Gasteiger charge is 2.33. The summed E-state index contributed by atoms with van der Waals surface area (Å²) in [5.41, 5.74) is 1.44. The van der Waals surface area contributed by atoms with E-state index in [4.69, 9.17) is 5.11 Å². The maximum absolute atomic E-state index is 11.1. The predicted octanol–water partition coefficient (Wildman–Crippen LogP) is 2.99. The fourth-order valence-electron chi connectivity index (χ4n) is 2.90. The lowest BCUT2D eigenvalue weighted by Crippen LogP contribution is -2.27. The van der Waals surface area contributed by atoms with Crippen LogP contribution in [-0.4, -0.2) is 11.1 Å². The van der Waals surface area contributed by atoms with Crippen LogP contribution in [0.3, 0.4) is 0 Å². The van der Waals surface area contributed by atoms with Gasteiger partial charge in [-0.25, -0.2) is 0 Å². The standard InChI is InChI=1S/C12H18O2/c13-12(14)11-8-4-3-7-10(11)9-5-1-2-6-9/h5,10-11H,1-4,6-8H2,(H,13,14). The minimum atomic E-state index is -0.581. The molecular formula is C12H18O2. The number of allylic oxidation sites excluding steroid dienone is 2. The van der Waals surface area contributed by atoms with Crippen molar-refractivity contribution in [2.45, 2.75) is 44.9 Å². The largest absolute Gasteiger partial charge is 0.481 e. The molecule has 1 saturated carbocycles. The van der Waals surface area contributed by atoms with Gasteiger partial charge in [-0.3, -0.25) is 4.79 Å². The Bertz CT molecular complexity index is 255. The van der Waals surface area contributed by atoms with Crippen LogP contribution in [0, 0.1) is 11.8 Å². The van der Waals surface area contributed by atoms with Crippen molar-refractivity contribution < 1.29 is 9.90 Å². The number of carboxylic acids is 1. The van der Waals surface area contributed by atoms with Gasteiger partial charge < -0.3 is 5.11 Å². The summed E-state index contributed by atoms with van der Waals surface area (Å²) >= 11 is 0.